The van der Waals surface area contributed by atoms with Gasteiger partial charge in [-0.05, 0) is 62.6 Å². The van der Waals surface area contributed by atoms with Gasteiger partial charge in [-0.1, -0.05) is 35.9 Å². The topological polar surface area (TPSA) is 12.0 Å². The first-order valence-corrected chi connectivity index (χ1v) is 8.73. The lowest BCUT2D eigenvalue weighted by atomic mass is 9.92. The zero-order valence-corrected chi connectivity index (χ0v) is 14.6. The molecule has 1 aromatic heterocycles. The van der Waals surface area contributed by atoms with Gasteiger partial charge in [-0.15, -0.1) is 11.3 Å². The summed E-state index contributed by atoms with van der Waals surface area (Å²) in [5.74, 6) is 0.444. The van der Waals surface area contributed by atoms with Crippen molar-refractivity contribution in [3.05, 3.63) is 57.2 Å². The lowest BCUT2D eigenvalue weighted by molar-refractivity contribution is 0.399. The largest absolute Gasteiger partial charge is 0.311 e. The van der Waals surface area contributed by atoms with E-state index in [9.17, 15) is 0 Å². The van der Waals surface area contributed by atoms with Gasteiger partial charge < -0.3 is 5.32 Å². The van der Waals surface area contributed by atoms with E-state index in [0.717, 1.165) is 24.4 Å². The van der Waals surface area contributed by atoms with Gasteiger partial charge in [0.1, 0.15) is 0 Å². The Morgan fingerprint density at radius 3 is 2.52 bits per heavy atom. The van der Waals surface area contributed by atoms with Gasteiger partial charge in [-0.3, -0.25) is 0 Å². The molecule has 1 nitrogen and oxygen atoms in total. The average Bonchev–Trinajstić information content (AvgIpc) is 2.92. The molecule has 1 aromatic carbocycles. The second-order valence-electron chi connectivity index (χ2n) is 6.47. The number of hydrogen-bond donors (Lipinski definition) is 1. The van der Waals surface area contributed by atoms with Gasteiger partial charge in [0.25, 0.3) is 0 Å². The molecule has 0 saturated heterocycles. The van der Waals surface area contributed by atoms with Crippen LogP contribution in [-0.4, -0.2) is 12.1 Å². The van der Waals surface area contributed by atoms with Crippen LogP contribution in [0.15, 0.2) is 41.8 Å². The Hall–Kier alpha value is -0.830. The molecule has 1 N–H and O–H groups in total. The summed E-state index contributed by atoms with van der Waals surface area (Å²) in [6.45, 7) is 7.57. The molecule has 0 aliphatic heterocycles. The van der Waals surface area contributed by atoms with Crippen LogP contribution in [0.1, 0.15) is 43.6 Å². The Kier molecular flexibility index (Phi) is 5.86. The molecular formula is C18H24ClNS. The van der Waals surface area contributed by atoms with E-state index in [1.54, 1.807) is 0 Å². The van der Waals surface area contributed by atoms with E-state index in [1.165, 1.54) is 10.4 Å². The second-order valence-corrected chi connectivity index (χ2v) is 7.91. The van der Waals surface area contributed by atoms with Crippen molar-refractivity contribution in [1.82, 2.24) is 5.32 Å². The van der Waals surface area contributed by atoms with Crippen molar-refractivity contribution in [1.29, 1.82) is 0 Å². The van der Waals surface area contributed by atoms with Crippen molar-refractivity contribution < 1.29 is 0 Å². The molecule has 1 unspecified atom stereocenters. The monoisotopic (exact) mass is 321 g/mol. The summed E-state index contributed by atoms with van der Waals surface area (Å²) in [6.07, 6.45) is 2.23. The summed E-state index contributed by atoms with van der Waals surface area (Å²) < 4.78 is 0. The number of hydrogen-bond acceptors (Lipinski definition) is 2. The highest BCUT2D eigenvalue weighted by Crippen LogP contribution is 2.29. The molecule has 1 heterocycles. The smallest absolute Gasteiger partial charge is 0.0441 e. The maximum absolute atomic E-state index is 6.40. The minimum Gasteiger partial charge on any atom is -0.311 e. The molecule has 3 heteroatoms. The molecule has 0 amide bonds. The maximum atomic E-state index is 6.40. The standard InChI is InChI=1S/C18H24ClNS/c1-18(2,3)20-13-14(10-11-15-7-6-12-21-15)16-8-4-5-9-17(16)19/h4-9,12,14,20H,10-11,13H2,1-3H3. The van der Waals surface area contributed by atoms with Gasteiger partial charge >= 0.3 is 0 Å². The van der Waals surface area contributed by atoms with Crippen LogP contribution in [-0.2, 0) is 6.42 Å². The Morgan fingerprint density at radius 2 is 1.90 bits per heavy atom. The predicted octanol–water partition coefficient (Wildman–Crippen LogP) is 5.51. The van der Waals surface area contributed by atoms with Crippen molar-refractivity contribution in [2.75, 3.05) is 6.54 Å². The molecule has 114 valence electrons. The Balaban J connectivity index is 2.08. The molecule has 21 heavy (non-hydrogen) atoms. The van der Waals surface area contributed by atoms with E-state index in [0.29, 0.717) is 5.92 Å². The first kappa shape index (κ1) is 16.5. The van der Waals surface area contributed by atoms with Crippen molar-refractivity contribution in [2.45, 2.75) is 45.1 Å². The summed E-state index contributed by atoms with van der Waals surface area (Å²) >= 11 is 8.24. The quantitative estimate of drug-likeness (QED) is 0.740. The van der Waals surface area contributed by atoms with Crippen molar-refractivity contribution in [3.63, 3.8) is 0 Å². The molecule has 2 aromatic rings. The lowest BCUT2D eigenvalue weighted by Gasteiger charge is -2.26. The highest BCUT2D eigenvalue weighted by molar-refractivity contribution is 7.09. The summed E-state index contributed by atoms with van der Waals surface area (Å²) in [5, 5.41) is 6.65. The van der Waals surface area contributed by atoms with Gasteiger partial charge in [0.15, 0.2) is 0 Å². The first-order chi connectivity index (χ1) is 9.96. The fraction of sp³-hybridized carbons (Fsp3) is 0.444. The summed E-state index contributed by atoms with van der Waals surface area (Å²) in [5.41, 5.74) is 1.38. The minimum atomic E-state index is 0.127. The molecule has 0 radical (unpaired) electrons. The van der Waals surface area contributed by atoms with Crippen LogP contribution in [0, 0.1) is 0 Å². The highest BCUT2D eigenvalue weighted by Gasteiger charge is 2.18. The normalized spacial score (nSPS) is 13.3. The van der Waals surface area contributed by atoms with Gasteiger partial charge in [-0.25, -0.2) is 0 Å². The lowest BCUT2D eigenvalue weighted by Crippen LogP contribution is -2.38. The van der Waals surface area contributed by atoms with Crippen LogP contribution in [0.2, 0.25) is 5.02 Å². The second kappa shape index (κ2) is 7.44. The average molecular weight is 322 g/mol. The fourth-order valence-electron chi connectivity index (χ4n) is 2.37. The third-order valence-electron chi connectivity index (χ3n) is 3.54. The number of halogens is 1. The minimum absolute atomic E-state index is 0.127. The number of rotatable bonds is 6. The summed E-state index contributed by atoms with van der Waals surface area (Å²) in [6, 6.07) is 12.6. The number of nitrogens with one attached hydrogen (secondary N) is 1. The number of aryl methyl sites for hydroxylation is 1. The van der Waals surface area contributed by atoms with Gasteiger partial charge in [0.2, 0.25) is 0 Å². The zero-order chi connectivity index (χ0) is 15.3. The highest BCUT2D eigenvalue weighted by atomic mass is 35.5. The van der Waals surface area contributed by atoms with Crippen LogP contribution in [0.5, 0.6) is 0 Å². The number of thiophene rings is 1. The van der Waals surface area contributed by atoms with E-state index in [1.807, 2.05) is 23.5 Å². The first-order valence-electron chi connectivity index (χ1n) is 7.47. The van der Waals surface area contributed by atoms with E-state index >= 15 is 0 Å². The molecule has 0 bridgehead atoms. The van der Waals surface area contributed by atoms with Crippen molar-refractivity contribution in [2.24, 2.45) is 0 Å². The van der Waals surface area contributed by atoms with Crippen LogP contribution >= 0.6 is 22.9 Å². The van der Waals surface area contributed by atoms with E-state index in [4.69, 9.17) is 11.6 Å². The third-order valence-corrected chi connectivity index (χ3v) is 4.82. The molecule has 0 aliphatic carbocycles. The maximum Gasteiger partial charge on any atom is 0.0441 e. The Labute approximate surface area is 137 Å². The van der Waals surface area contributed by atoms with E-state index in [-0.39, 0.29) is 5.54 Å². The Bertz CT molecular complexity index is 543. The number of benzene rings is 1. The van der Waals surface area contributed by atoms with E-state index in [2.05, 4.69) is 55.7 Å². The van der Waals surface area contributed by atoms with Gasteiger partial charge in [-0.2, -0.15) is 0 Å². The molecule has 0 aliphatic rings. The van der Waals surface area contributed by atoms with Gasteiger partial charge in [0.05, 0.1) is 0 Å². The van der Waals surface area contributed by atoms with Crippen molar-refractivity contribution in [3.8, 4) is 0 Å². The van der Waals surface area contributed by atoms with Crippen molar-refractivity contribution >= 4 is 22.9 Å². The summed E-state index contributed by atoms with van der Waals surface area (Å²) in [7, 11) is 0. The SMILES string of the molecule is CC(C)(C)NCC(CCc1cccs1)c1ccccc1Cl. The molecular weight excluding hydrogens is 298 g/mol. The molecule has 0 saturated carbocycles. The van der Waals surface area contributed by atoms with Crippen LogP contribution < -0.4 is 5.32 Å². The molecule has 0 fully saturated rings. The predicted molar refractivity (Wildman–Crippen MR) is 94.6 cm³/mol. The van der Waals surface area contributed by atoms with E-state index < -0.39 is 0 Å². The van der Waals surface area contributed by atoms with Crippen LogP contribution in [0.3, 0.4) is 0 Å². The zero-order valence-electron chi connectivity index (χ0n) is 13.0. The fourth-order valence-corrected chi connectivity index (χ4v) is 3.39. The van der Waals surface area contributed by atoms with Gasteiger partial charge in [0, 0.05) is 22.0 Å². The molecule has 2 rings (SSSR count). The third kappa shape index (κ3) is 5.46. The summed E-state index contributed by atoms with van der Waals surface area (Å²) in [4.78, 5) is 1.45. The molecule has 0 spiro atoms. The van der Waals surface area contributed by atoms with Crippen LogP contribution in [0.25, 0.3) is 0 Å². The van der Waals surface area contributed by atoms with Crippen LogP contribution in [0.4, 0.5) is 0 Å². The Morgan fingerprint density at radius 1 is 1.14 bits per heavy atom. The molecule has 1 atom stereocenters.